The van der Waals surface area contributed by atoms with Crippen LogP contribution in [0.4, 0.5) is 0 Å². The summed E-state index contributed by atoms with van der Waals surface area (Å²) in [6, 6.07) is 15.9. The third-order valence-electron chi connectivity index (χ3n) is 4.65. The van der Waals surface area contributed by atoms with E-state index in [4.69, 9.17) is 4.74 Å². The van der Waals surface area contributed by atoms with E-state index in [2.05, 4.69) is 38.9 Å². The van der Waals surface area contributed by atoms with Crippen molar-refractivity contribution in [1.82, 2.24) is 10.2 Å². The highest BCUT2D eigenvalue weighted by atomic mass is 127. The fraction of sp³-hybridized carbons (Fsp3) is 0.350. The van der Waals surface area contributed by atoms with Crippen molar-refractivity contribution < 1.29 is 9.53 Å². The standard InChI is InChI=1S/C20H23IN2O2/c1-25-19-11-5-3-9-16(19)18(23-12-6-7-13-23)14-22-20(24)15-8-2-4-10-17(15)21/h2-5,8-11,18H,6-7,12-14H2,1H3,(H,22,24)/t18-/m1/s1. The van der Waals surface area contributed by atoms with Crippen molar-refractivity contribution in [2.24, 2.45) is 0 Å². The molecule has 1 heterocycles. The number of hydrogen-bond acceptors (Lipinski definition) is 3. The van der Waals surface area contributed by atoms with Crippen molar-refractivity contribution in [2.45, 2.75) is 18.9 Å². The predicted octanol–water partition coefficient (Wildman–Crippen LogP) is 3.87. The Kier molecular flexibility index (Phi) is 6.31. The number of carbonyl (C=O) groups excluding carboxylic acids is 1. The summed E-state index contributed by atoms with van der Waals surface area (Å²) < 4.78 is 6.52. The molecule has 0 radical (unpaired) electrons. The molecule has 1 saturated heterocycles. The lowest BCUT2D eigenvalue weighted by atomic mass is 10.0. The molecule has 2 aromatic carbocycles. The van der Waals surface area contributed by atoms with Crippen LogP contribution in [-0.2, 0) is 0 Å². The Morgan fingerprint density at radius 3 is 2.56 bits per heavy atom. The third-order valence-corrected chi connectivity index (χ3v) is 5.59. The van der Waals surface area contributed by atoms with Crippen molar-refractivity contribution in [3.63, 3.8) is 0 Å². The zero-order chi connectivity index (χ0) is 17.6. The van der Waals surface area contributed by atoms with Gasteiger partial charge in [-0.05, 0) is 66.7 Å². The molecule has 1 amide bonds. The summed E-state index contributed by atoms with van der Waals surface area (Å²) in [5.74, 6) is 0.854. The molecule has 0 spiro atoms. The molecule has 1 atom stereocenters. The first kappa shape index (κ1) is 18.2. The number of halogens is 1. The molecule has 1 aliphatic rings. The highest BCUT2D eigenvalue weighted by molar-refractivity contribution is 14.1. The number of amides is 1. The molecule has 1 fully saturated rings. The lowest BCUT2D eigenvalue weighted by Gasteiger charge is -2.29. The maximum Gasteiger partial charge on any atom is 0.252 e. The van der Waals surface area contributed by atoms with Gasteiger partial charge in [0.1, 0.15) is 5.75 Å². The zero-order valence-corrected chi connectivity index (χ0v) is 16.5. The molecule has 5 heteroatoms. The fourth-order valence-corrected chi connectivity index (χ4v) is 3.99. The smallest absolute Gasteiger partial charge is 0.252 e. The van der Waals surface area contributed by atoms with Crippen molar-refractivity contribution in [2.75, 3.05) is 26.7 Å². The molecule has 0 saturated carbocycles. The SMILES string of the molecule is COc1ccccc1[C@@H](CNC(=O)c1ccccc1I)N1CCCC1. The number of para-hydroxylation sites is 1. The van der Waals surface area contributed by atoms with Crippen LogP contribution >= 0.6 is 22.6 Å². The summed E-state index contributed by atoms with van der Waals surface area (Å²) in [7, 11) is 1.70. The fourth-order valence-electron chi connectivity index (χ4n) is 3.36. The molecule has 2 aromatic rings. The zero-order valence-electron chi connectivity index (χ0n) is 14.4. The molecule has 0 aromatic heterocycles. The second kappa shape index (κ2) is 8.67. The Morgan fingerprint density at radius 2 is 1.84 bits per heavy atom. The third kappa shape index (κ3) is 4.33. The summed E-state index contributed by atoms with van der Waals surface area (Å²) in [6.45, 7) is 2.69. The first-order chi connectivity index (χ1) is 12.2. The Balaban J connectivity index is 1.79. The summed E-state index contributed by atoms with van der Waals surface area (Å²) >= 11 is 2.20. The number of hydrogen-bond donors (Lipinski definition) is 1. The summed E-state index contributed by atoms with van der Waals surface area (Å²) in [6.07, 6.45) is 2.41. The van der Waals surface area contributed by atoms with Gasteiger partial charge in [0.25, 0.3) is 5.91 Å². The Hall–Kier alpha value is -1.60. The second-order valence-corrected chi connectivity index (χ2v) is 7.35. The monoisotopic (exact) mass is 450 g/mol. The number of nitrogens with one attached hydrogen (secondary N) is 1. The molecule has 1 aliphatic heterocycles. The normalized spacial score (nSPS) is 15.8. The summed E-state index contributed by atoms with van der Waals surface area (Å²) in [4.78, 5) is 15.0. The lowest BCUT2D eigenvalue weighted by molar-refractivity contribution is 0.0936. The molecular weight excluding hydrogens is 427 g/mol. The first-order valence-corrected chi connectivity index (χ1v) is 9.68. The van der Waals surface area contributed by atoms with Crippen molar-refractivity contribution in [3.05, 3.63) is 63.2 Å². The highest BCUT2D eigenvalue weighted by Gasteiger charge is 2.26. The largest absolute Gasteiger partial charge is 0.496 e. The lowest BCUT2D eigenvalue weighted by Crippen LogP contribution is -2.37. The van der Waals surface area contributed by atoms with Gasteiger partial charge in [-0.2, -0.15) is 0 Å². The minimum absolute atomic E-state index is 0.0240. The second-order valence-electron chi connectivity index (χ2n) is 6.19. The van der Waals surface area contributed by atoms with Gasteiger partial charge in [-0.3, -0.25) is 9.69 Å². The van der Waals surface area contributed by atoms with Gasteiger partial charge >= 0.3 is 0 Å². The van der Waals surface area contributed by atoms with Gasteiger partial charge in [0.15, 0.2) is 0 Å². The number of ether oxygens (including phenoxy) is 1. The topological polar surface area (TPSA) is 41.6 Å². The van der Waals surface area contributed by atoms with Gasteiger partial charge in [0, 0.05) is 15.7 Å². The highest BCUT2D eigenvalue weighted by Crippen LogP contribution is 2.31. The first-order valence-electron chi connectivity index (χ1n) is 8.60. The molecule has 1 N–H and O–H groups in total. The number of carbonyl (C=O) groups is 1. The molecule has 0 aliphatic carbocycles. The van der Waals surface area contributed by atoms with Crippen molar-refractivity contribution in [1.29, 1.82) is 0 Å². The molecular formula is C20H23IN2O2. The number of benzene rings is 2. The number of rotatable bonds is 6. The van der Waals surface area contributed by atoms with Crippen LogP contribution in [0.15, 0.2) is 48.5 Å². The minimum atomic E-state index is -0.0240. The molecule has 132 valence electrons. The van der Waals surface area contributed by atoms with Crippen LogP contribution in [0.2, 0.25) is 0 Å². The van der Waals surface area contributed by atoms with Gasteiger partial charge in [-0.25, -0.2) is 0 Å². The van der Waals surface area contributed by atoms with E-state index in [0.717, 1.165) is 33.5 Å². The molecule has 25 heavy (non-hydrogen) atoms. The van der Waals surface area contributed by atoms with E-state index in [1.54, 1.807) is 7.11 Å². The number of likely N-dealkylation sites (tertiary alicyclic amines) is 1. The van der Waals surface area contributed by atoms with Crippen LogP contribution in [0.1, 0.15) is 34.8 Å². The Labute approximate surface area is 162 Å². The van der Waals surface area contributed by atoms with E-state index < -0.39 is 0 Å². The van der Waals surface area contributed by atoms with Crippen LogP contribution in [0.5, 0.6) is 5.75 Å². The number of methoxy groups -OCH3 is 1. The van der Waals surface area contributed by atoms with Crippen LogP contribution in [0.3, 0.4) is 0 Å². The van der Waals surface area contributed by atoms with Crippen LogP contribution in [-0.4, -0.2) is 37.6 Å². The van der Waals surface area contributed by atoms with E-state index >= 15 is 0 Å². The van der Waals surface area contributed by atoms with Gasteiger partial charge in [0.2, 0.25) is 0 Å². The maximum absolute atomic E-state index is 12.6. The summed E-state index contributed by atoms with van der Waals surface area (Å²) in [5, 5.41) is 3.13. The average Bonchev–Trinajstić information content (AvgIpc) is 3.17. The van der Waals surface area contributed by atoms with Gasteiger partial charge in [-0.15, -0.1) is 0 Å². The quantitative estimate of drug-likeness (QED) is 0.680. The summed E-state index contributed by atoms with van der Waals surface area (Å²) in [5.41, 5.74) is 1.86. The molecule has 4 nitrogen and oxygen atoms in total. The van der Waals surface area contributed by atoms with Crippen molar-refractivity contribution in [3.8, 4) is 5.75 Å². The van der Waals surface area contributed by atoms with Crippen molar-refractivity contribution >= 4 is 28.5 Å². The van der Waals surface area contributed by atoms with E-state index in [9.17, 15) is 4.79 Å². The maximum atomic E-state index is 12.6. The number of nitrogens with zero attached hydrogens (tertiary/aromatic N) is 1. The average molecular weight is 450 g/mol. The van der Waals surface area contributed by atoms with E-state index in [1.807, 2.05) is 42.5 Å². The van der Waals surface area contributed by atoms with Gasteiger partial charge in [0.05, 0.1) is 18.7 Å². The Bertz CT molecular complexity index is 729. The minimum Gasteiger partial charge on any atom is -0.496 e. The van der Waals surface area contributed by atoms with Crippen LogP contribution in [0, 0.1) is 3.57 Å². The van der Waals surface area contributed by atoms with E-state index in [-0.39, 0.29) is 11.9 Å². The molecule has 0 unspecified atom stereocenters. The van der Waals surface area contributed by atoms with E-state index in [0.29, 0.717) is 6.54 Å². The molecule has 3 rings (SSSR count). The van der Waals surface area contributed by atoms with Crippen LogP contribution in [0.25, 0.3) is 0 Å². The van der Waals surface area contributed by atoms with Gasteiger partial charge in [-0.1, -0.05) is 30.3 Å². The Morgan fingerprint density at radius 1 is 1.16 bits per heavy atom. The van der Waals surface area contributed by atoms with Gasteiger partial charge < -0.3 is 10.1 Å². The molecule has 0 bridgehead atoms. The predicted molar refractivity (Wildman–Crippen MR) is 108 cm³/mol. The van der Waals surface area contributed by atoms with Crippen LogP contribution < -0.4 is 10.1 Å². The van der Waals surface area contributed by atoms with E-state index in [1.165, 1.54) is 12.8 Å².